The van der Waals surface area contributed by atoms with Crippen LogP contribution in [0.25, 0.3) is 10.8 Å². The number of halogens is 2. The molecule has 1 amide bonds. The van der Waals surface area contributed by atoms with Gasteiger partial charge in [-0.05, 0) is 72.2 Å². The summed E-state index contributed by atoms with van der Waals surface area (Å²) in [6.45, 7) is 5.04. The van der Waals surface area contributed by atoms with Gasteiger partial charge >= 0.3 is 0 Å². The van der Waals surface area contributed by atoms with Crippen LogP contribution >= 0.6 is 34.1 Å². The van der Waals surface area contributed by atoms with Gasteiger partial charge in [0.25, 0.3) is 5.91 Å². The highest BCUT2D eigenvalue weighted by Crippen LogP contribution is 2.34. The molecule has 3 aromatic rings. The molecular weight excluding hydrogens is 468 g/mol. The maximum absolute atomic E-state index is 13.1. The van der Waals surface area contributed by atoms with Crippen LogP contribution in [0.1, 0.15) is 34.8 Å². The average molecular weight is 483 g/mol. The van der Waals surface area contributed by atoms with Crippen molar-refractivity contribution in [2.24, 2.45) is 0 Å². The molecule has 1 atom stereocenters. The van der Waals surface area contributed by atoms with Crippen molar-refractivity contribution in [1.82, 2.24) is 23.8 Å². The van der Waals surface area contributed by atoms with E-state index in [9.17, 15) is 9.18 Å². The summed E-state index contributed by atoms with van der Waals surface area (Å²) in [5.74, 6) is 1.08. The number of fused-ring (bicyclic) bond motifs is 1. The molecule has 1 aliphatic heterocycles. The summed E-state index contributed by atoms with van der Waals surface area (Å²) in [5, 5.41) is 0.789. The van der Waals surface area contributed by atoms with E-state index in [0.29, 0.717) is 18.7 Å². The predicted octanol–water partition coefficient (Wildman–Crippen LogP) is 3.67. The van der Waals surface area contributed by atoms with E-state index in [2.05, 4.69) is 41.5 Å². The third-order valence-electron chi connectivity index (χ3n) is 4.46. The third kappa shape index (κ3) is 2.92. The molecule has 0 spiro atoms. The molecule has 0 saturated heterocycles. The summed E-state index contributed by atoms with van der Waals surface area (Å²) in [5.41, 5.74) is 1.48. The number of aryl methyl sites for hydroxylation is 1. The molecule has 0 radical (unpaired) electrons. The number of nitrogens with zero attached hydrogens (tertiary/aromatic N) is 5. The molecule has 1 aliphatic rings. The summed E-state index contributed by atoms with van der Waals surface area (Å²) >= 11 is 3.53. The lowest BCUT2D eigenvalue weighted by Gasteiger charge is -2.35. The van der Waals surface area contributed by atoms with Crippen molar-refractivity contribution in [2.45, 2.75) is 26.4 Å². The van der Waals surface area contributed by atoms with Gasteiger partial charge in [0, 0.05) is 18.7 Å². The molecular formula is C17H15FIN5OS. The number of hydrogen-bond donors (Lipinski definition) is 0. The van der Waals surface area contributed by atoms with Gasteiger partial charge in [-0.15, -0.1) is 0 Å². The second-order valence-corrected chi connectivity index (χ2v) is 7.86. The van der Waals surface area contributed by atoms with E-state index >= 15 is 0 Å². The first-order chi connectivity index (χ1) is 12.5. The molecule has 0 N–H and O–H groups in total. The fourth-order valence-electron chi connectivity index (χ4n) is 3.20. The Kier molecular flexibility index (Phi) is 4.51. The van der Waals surface area contributed by atoms with Crippen LogP contribution < -0.4 is 0 Å². The fraction of sp³-hybridized carbons (Fsp3) is 0.294. The Bertz CT molecular complexity index is 984. The molecule has 3 heterocycles. The lowest BCUT2D eigenvalue weighted by molar-refractivity contribution is 0.0643. The summed E-state index contributed by atoms with van der Waals surface area (Å²) in [4.78, 5) is 23.8. The Balaban J connectivity index is 1.69. The van der Waals surface area contributed by atoms with Crippen molar-refractivity contribution in [3.05, 3.63) is 50.9 Å². The Hall–Kier alpha value is -1.88. The highest BCUT2D eigenvalue weighted by atomic mass is 127. The number of carbonyl (C=O) groups excluding carboxylic acids is 1. The van der Waals surface area contributed by atoms with Gasteiger partial charge in [0.05, 0.1) is 11.7 Å². The molecule has 2 aromatic heterocycles. The summed E-state index contributed by atoms with van der Waals surface area (Å²) < 4.78 is 20.4. The van der Waals surface area contributed by atoms with Crippen molar-refractivity contribution in [3.63, 3.8) is 0 Å². The first-order valence-electron chi connectivity index (χ1n) is 8.09. The lowest BCUT2D eigenvalue weighted by Crippen LogP contribution is -2.41. The SMILES string of the molecule is Cc1nsc(-c2nc(I)c3n2CCN(C(=O)c2ccc(F)cc2)[C@@H]3C)n1. The van der Waals surface area contributed by atoms with Crippen LogP contribution in [0.4, 0.5) is 4.39 Å². The van der Waals surface area contributed by atoms with Gasteiger partial charge in [0.2, 0.25) is 0 Å². The number of rotatable bonds is 2. The van der Waals surface area contributed by atoms with Gasteiger partial charge in [0.1, 0.15) is 15.3 Å². The normalized spacial score (nSPS) is 16.6. The largest absolute Gasteiger partial charge is 0.329 e. The van der Waals surface area contributed by atoms with Gasteiger partial charge in [-0.2, -0.15) is 4.37 Å². The zero-order chi connectivity index (χ0) is 18.4. The van der Waals surface area contributed by atoms with Gasteiger partial charge < -0.3 is 9.47 Å². The molecule has 0 saturated carbocycles. The highest BCUT2D eigenvalue weighted by Gasteiger charge is 2.33. The van der Waals surface area contributed by atoms with Crippen LogP contribution in [0.3, 0.4) is 0 Å². The Morgan fingerprint density at radius 3 is 2.65 bits per heavy atom. The van der Waals surface area contributed by atoms with Crippen molar-refractivity contribution in [2.75, 3.05) is 6.54 Å². The first kappa shape index (κ1) is 17.5. The van der Waals surface area contributed by atoms with E-state index in [1.165, 1.54) is 35.8 Å². The first-order valence-corrected chi connectivity index (χ1v) is 9.94. The number of imidazole rings is 1. The second-order valence-electron chi connectivity index (χ2n) is 6.09. The van der Waals surface area contributed by atoms with Crippen molar-refractivity contribution in [1.29, 1.82) is 0 Å². The van der Waals surface area contributed by atoms with E-state index in [1.54, 1.807) is 0 Å². The van der Waals surface area contributed by atoms with Gasteiger partial charge in [0.15, 0.2) is 10.8 Å². The van der Waals surface area contributed by atoms with Crippen molar-refractivity contribution in [3.8, 4) is 10.8 Å². The van der Waals surface area contributed by atoms with Crippen LogP contribution in [0.5, 0.6) is 0 Å². The lowest BCUT2D eigenvalue weighted by atomic mass is 10.1. The molecule has 6 nitrogen and oxygen atoms in total. The minimum absolute atomic E-state index is 0.103. The maximum Gasteiger partial charge on any atom is 0.254 e. The average Bonchev–Trinajstić information content (AvgIpc) is 3.19. The van der Waals surface area contributed by atoms with E-state index in [1.807, 2.05) is 18.7 Å². The predicted molar refractivity (Wildman–Crippen MR) is 104 cm³/mol. The summed E-state index contributed by atoms with van der Waals surface area (Å²) in [7, 11) is 0. The molecule has 0 unspecified atom stereocenters. The monoisotopic (exact) mass is 483 g/mol. The number of hydrogen-bond acceptors (Lipinski definition) is 5. The van der Waals surface area contributed by atoms with E-state index in [-0.39, 0.29) is 17.8 Å². The van der Waals surface area contributed by atoms with Crippen molar-refractivity contribution < 1.29 is 9.18 Å². The van der Waals surface area contributed by atoms with E-state index in [4.69, 9.17) is 0 Å². The summed E-state index contributed by atoms with van der Waals surface area (Å²) in [6, 6.07) is 5.54. The quantitative estimate of drug-likeness (QED) is 0.522. The Morgan fingerprint density at radius 1 is 1.27 bits per heavy atom. The van der Waals surface area contributed by atoms with Crippen LogP contribution in [-0.2, 0) is 6.54 Å². The molecule has 134 valence electrons. The molecule has 0 bridgehead atoms. The zero-order valence-electron chi connectivity index (χ0n) is 14.1. The highest BCUT2D eigenvalue weighted by molar-refractivity contribution is 14.1. The minimum atomic E-state index is -0.349. The number of carbonyl (C=O) groups is 1. The Morgan fingerprint density at radius 2 is 2.00 bits per heavy atom. The number of amides is 1. The van der Waals surface area contributed by atoms with Gasteiger partial charge in [-0.1, -0.05) is 0 Å². The molecule has 9 heteroatoms. The van der Waals surface area contributed by atoms with Crippen molar-refractivity contribution >= 4 is 40.0 Å². The van der Waals surface area contributed by atoms with E-state index < -0.39 is 0 Å². The van der Waals surface area contributed by atoms with Crippen LogP contribution in [-0.4, -0.2) is 36.3 Å². The topological polar surface area (TPSA) is 63.9 Å². The standard InChI is InChI=1S/C17H15FIN5OS/c1-9-13-14(19)21-15(16-20-10(2)22-26-16)24(13)8-7-23(9)17(25)11-3-5-12(18)6-4-11/h3-6,9H,7-8H2,1-2H3/t9-/m1/s1. The molecule has 0 fully saturated rings. The van der Waals surface area contributed by atoms with Crippen LogP contribution in [0.15, 0.2) is 24.3 Å². The van der Waals surface area contributed by atoms with Crippen LogP contribution in [0, 0.1) is 16.4 Å². The smallest absolute Gasteiger partial charge is 0.254 e. The fourth-order valence-corrected chi connectivity index (χ4v) is 4.84. The maximum atomic E-state index is 13.1. The molecule has 26 heavy (non-hydrogen) atoms. The zero-order valence-corrected chi connectivity index (χ0v) is 17.1. The van der Waals surface area contributed by atoms with E-state index in [0.717, 1.165) is 26.1 Å². The number of aromatic nitrogens is 4. The van der Waals surface area contributed by atoms with Gasteiger partial charge in [-0.25, -0.2) is 14.4 Å². The van der Waals surface area contributed by atoms with Gasteiger partial charge in [-0.3, -0.25) is 4.79 Å². The second kappa shape index (κ2) is 6.69. The minimum Gasteiger partial charge on any atom is -0.329 e. The molecule has 4 rings (SSSR count). The number of benzene rings is 1. The summed E-state index contributed by atoms with van der Waals surface area (Å²) in [6.07, 6.45) is 0. The third-order valence-corrected chi connectivity index (χ3v) is 6.06. The molecule has 0 aliphatic carbocycles. The molecule has 1 aromatic carbocycles. The van der Waals surface area contributed by atoms with Crippen LogP contribution in [0.2, 0.25) is 0 Å². The Labute approximate surface area is 167 Å².